The standard InChI is InChI=1S/C40H64O6/c1-13-34(4,5)32(42)46-30-16-17-38(10)29(35(30,6)7)15-18-40(12)31(38)28(41)23-26-27-24-37(9,33(43)45-25(3)44-14-2)20-19-36(27,8)21-22-39(26,40)11/h23,25,27,29-31H,13-22,24H2,1-12H3. The highest BCUT2D eigenvalue weighted by Gasteiger charge is 2.70. The molecule has 0 spiro atoms. The molecule has 6 nitrogen and oxygen atoms in total. The summed E-state index contributed by atoms with van der Waals surface area (Å²) < 4.78 is 17.7. The van der Waals surface area contributed by atoms with Gasteiger partial charge >= 0.3 is 11.9 Å². The first-order valence-corrected chi connectivity index (χ1v) is 18.4. The van der Waals surface area contributed by atoms with Crippen molar-refractivity contribution < 1.29 is 28.6 Å². The van der Waals surface area contributed by atoms with Gasteiger partial charge in [0.2, 0.25) is 0 Å². The molecule has 4 fully saturated rings. The Bertz CT molecular complexity index is 1280. The van der Waals surface area contributed by atoms with Crippen LogP contribution in [0.3, 0.4) is 0 Å². The van der Waals surface area contributed by atoms with Gasteiger partial charge in [-0.3, -0.25) is 14.4 Å². The molecule has 5 rings (SSSR count). The van der Waals surface area contributed by atoms with E-state index in [0.717, 1.165) is 57.8 Å². The Balaban J connectivity index is 1.48. The number of hydrogen-bond acceptors (Lipinski definition) is 6. The van der Waals surface area contributed by atoms with Gasteiger partial charge in [-0.1, -0.05) is 54.0 Å². The van der Waals surface area contributed by atoms with E-state index in [9.17, 15) is 14.4 Å². The van der Waals surface area contributed by atoms with Gasteiger partial charge in [-0.05, 0) is 138 Å². The van der Waals surface area contributed by atoms with Crippen molar-refractivity contribution in [1.82, 2.24) is 0 Å². The van der Waals surface area contributed by atoms with Crippen LogP contribution >= 0.6 is 0 Å². The molecular weight excluding hydrogens is 576 g/mol. The summed E-state index contributed by atoms with van der Waals surface area (Å²) in [6.07, 6.45) is 10.5. The second-order valence-electron chi connectivity index (χ2n) is 18.7. The molecule has 5 aliphatic carbocycles. The fourth-order valence-corrected chi connectivity index (χ4v) is 11.5. The predicted octanol–water partition coefficient (Wildman–Crippen LogP) is 9.24. The third kappa shape index (κ3) is 5.16. The van der Waals surface area contributed by atoms with Gasteiger partial charge in [-0.2, -0.15) is 0 Å². The van der Waals surface area contributed by atoms with Crippen LogP contribution in [0.15, 0.2) is 11.6 Å². The van der Waals surface area contributed by atoms with E-state index in [2.05, 4.69) is 54.5 Å². The Hall–Kier alpha value is -1.69. The van der Waals surface area contributed by atoms with E-state index in [1.54, 1.807) is 6.92 Å². The minimum Gasteiger partial charge on any atom is -0.461 e. The highest BCUT2D eigenvalue weighted by atomic mass is 16.7. The molecule has 0 aromatic rings. The lowest BCUT2D eigenvalue weighted by Gasteiger charge is -2.70. The molecule has 260 valence electrons. The number of fused-ring (bicyclic) bond motifs is 7. The van der Waals surface area contributed by atoms with Crippen molar-refractivity contribution in [1.29, 1.82) is 0 Å². The van der Waals surface area contributed by atoms with E-state index in [1.807, 2.05) is 27.7 Å². The number of ether oxygens (including phenoxy) is 3. The largest absolute Gasteiger partial charge is 0.461 e. The maximum atomic E-state index is 14.8. The number of carbonyl (C=O) groups is 3. The molecule has 0 aromatic heterocycles. The normalized spacial score (nSPS) is 44.0. The minimum absolute atomic E-state index is 0.0669. The lowest BCUT2D eigenvalue weighted by Crippen LogP contribution is -2.67. The van der Waals surface area contributed by atoms with Crippen LogP contribution in [-0.2, 0) is 28.6 Å². The fraction of sp³-hybridized carbons (Fsp3) is 0.875. The summed E-state index contributed by atoms with van der Waals surface area (Å²) in [4.78, 5) is 41.6. The Morgan fingerprint density at radius 1 is 0.935 bits per heavy atom. The first-order chi connectivity index (χ1) is 21.1. The fourth-order valence-electron chi connectivity index (χ4n) is 11.5. The molecule has 4 saturated carbocycles. The summed E-state index contributed by atoms with van der Waals surface area (Å²) in [6.45, 7) is 26.5. The quantitative estimate of drug-likeness (QED) is 0.204. The van der Waals surface area contributed by atoms with Crippen LogP contribution in [0.1, 0.15) is 147 Å². The third-order valence-corrected chi connectivity index (χ3v) is 15.4. The molecule has 6 heteroatoms. The van der Waals surface area contributed by atoms with Gasteiger partial charge in [-0.15, -0.1) is 0 Å². The van der Waals surface area contributed by atoms with E-state index >= 15 is 0 Å². The molecule has 0 radical (unpaired) electrons. The maximum Gasteiger partial charge on any atom is 0.314 e. The van der Waals surface area contributed by atoms with Crippen LogP contribution in [0, 0.1) is 55.7 Å². The van der Waals surface area contributed by atoms with Crippen molar-refractivity contribution in [3.05, 3.63) is 11.6 Å². The van der Waals surface area contributed by atoms with Crippen LogP contribution in [0.2, 0.25) is 0 Å². The van der Waals surface area contributed by atoms with Crippen LogP contribution in [0.4, 0.5) is 0 Å². The van der Waals surface area contributed by atoms with Gasteiger partial charge in [0.05, 0.1) is 10.8 Å². The summed E-state index contributed by atoms with van der Waals surface area (Å²) in [5.41, 5.74) is -0.446. The molecule has 0 aromatic carbocycles. The monoisotopic (exact) mass is 640 g/mol. The second-order valence-corrected chi connectivity index (χ2v) is 18.7. The highest BCUT2D eigenvalue weighted by molar-refractivity contribution is 5.95. The van der Waals surface area contributed by atoms with Gasteiger partial charge in [0.25, 0.3) is 0 Å². The van der Waals surface area contributed by atoms with Crippen molar-refractivity contribution in [3.63, 3.8) is 0 Å². The maximum absolute atomic E-state index is 14.8. The van der Waals surface area contributed by atoms with E-state index in [-0.39, 0.29) is 68.7 Å². The van der Waals surface area contributed by atoms with Crippen LogP contribution < -0.4 is 0 Å². The molecule has 0 N–H and O–H groups in total. The molecule has 0 amide bonds. The summed E-state index contributed by atoms with van der Waals surface area (Å²) in [5, 5.41) is 0. The molecule has 0 saturated heterocycles. The third-order valence-electron chi connectivity index (χ3n) is 15.4. The first kappa shape index (κ1) is 35.6. The van der Waals surface area contributed by atoms with Gasteiger partial charge in [-0.25, -0.2) is 0 Å². The Morgan fingerprint density at radius 3 is 2.22 bits per heavy atom. The van der Waals surface area contributed by atoms with Gasteiger partial charge in [0, 0.05) is 17.9 Å². The number of esters is 2. The Labute approximate surface area is 279 Å². The molecule has 46 heavy (non-hydrogen) atoms. The molecule has 5 aliphatic rings. The average Bonchev–Trinajstić information content (AvgIpc) is 2.96. The van der Waals surface area contributed by atoms with Gasteiger partial charge in [0.15, 0.2) is 12.1 Å². The summed E-state index contributed by atoms with van der Waals surface area (Å²) in [5.74, 6) is 0.375. The van der Waals surface area contributed by atoms with Crippen molar-refractivity contribution in [2.24, 2.45) is 55.7 Å². The average molecular weight is 641 g/mol. The van der Waals surface area contributed by atoms with Crippen molar-refractivity contribution in [3.8, 4) is 0 Å². The second kappa shape index (κ2) is 11.4. The van der Waals surface area contributed by atoms with Crippen molar-refractivity contribution >= 4 is 17.7 Å². The number of carbonyl (C=O) groups excluding carboxylic acids is 3. The molecule has 0 bridgehead atoms. The first-order valence-electron chi connectivity index (χ1n) is 18.4. The summed E-state index contributed by atoms with van der Waals surface area (Å²) >= 11 is 0. The van der Waals surface area contributed by atoms with E-state index in [1.165, 1.54) is 5.57 Å². The lowest BCUT2D eigenvalue weighted by atomic mass is 9.33. The van der Waals surface area contributed by atoms with Crippen molar-refractivity contribution in [2.45, 2.75) is 160 Å². The molecule has 10 atom stereocenters. The zero-order valence-electron chi connectivity index (χ0n) is 31.2. The summed E-state index contributed by atoms with van der Waals surface area (Å²) in [6, 6.07) is 0. The van der Waals surface area contributed by atoms with Crippen LogP contribution in [-0.4, -0.2) is 36.7 Å². The Kier molecular flexibility index (Phi) is 8.86. The summed E-state index contributed by atoms with van der Waals surface area (Å²) in [7, 11) is 0. The van der Waals surface area contributed by atoms with Crippen LogP contribution in [0.25, 0.3) is 0 Å². The number of allylic oxidation sites excluding steroid dienone is 2. The molecule has 10 unspecified atom stereocenters. The Morgan fingerprint density at radius 2 is 1.59 bits per heavy atom. The highest BCUT2D eigenvalue weighted by Crippen LogP contribution is 2.75. The smallest absolute Gasteiger partial charge is 0.314 e. The van der Waals surface area contributed by atoms with Gasteiger partial charge in [0.1, 0.15) is 6.10 Å². The van der Waals surface area contributed by atoms with E-state index in [0.29, 0.717) is 13.0 Å². The predicted molar refractivity (Wildman–Crippen MR) is 181 cm³/mol. The number of ketones is 1. The topological polar surface area (TPSA) is 78.9 Å². The lowest BCUT2D eigenvalue weighted by molar-refractivity contribution is -0.214. The SMILES string of the molecule is CCOC(C)OC(=O)C1(C)CCC2(C)CCC3(C)C(=CC(=O)C4C5(C)CCC(OC(=O)C(C)(C)CC)C(C)(C)C5CCC43C)C2C1. The minimum atomic E-state index is -0.606. The zero-order valence-corrected chi connectivity index (χ0v) is 31.2. The molecular formula is C40H64O6. The van der Waals surface area contributed by atoms with E-state index < -0.39 is 17.1 Å². The molecule has 0 heterocycles. The van der Waals surface area contributed by atoms with Gasteiger partial charge < -0.3 is 14.2 Å². The zero-order chi connectivity index (χ0) is 34.3. The number of hydrogen-bond donors (Lipinski definition) is 0. The van der Waals surface area contributed by atoms with E-state index in [4.69, 9.17) is 14.2 Å². The van der Waals surface area contributed by atoms with Crippen LogP contribution in [0.5, 0.6) is 0 Å². The number of rotatable bonds is 7. The van der Waals surface area contributed by atoms with Crippen molar-refractivity contribution in [2.75, 3.05) is 6.61 Å². The molecule has 0 aliphatic heterocycles.